The monoisotopic (exact) mass is 690 g/mol. The number of nitrogens with one attached hydrogen (secondary N) is 1. The number of carboxylic acid groups (broad SMARTS) is 1. The van der Waals surface area contributed by atoms with Crippen LogP contribution in [0.3, 0.4) is 0 Å². The maximum absolute atomic E-state index is 11.9. The van der Waals surface area contributed by atoms with Gasteiger partial charge in [-0.1, -0.05) is 48.0 Å². The highest BCUT2D eigenvalue weighted by molar-refractivity contribution is 7.90. The Kier molecular flexibility index (Phi) is 11.1. The molecule has 0 saturated carbocycles. The molecule has 10 nitrogen and oxygen atoms in total. The molecule has 1 atom stereocenters. The van der Waals surface area contributed by atoms with Crippen molar-refractivity contribution in [1.82, 2.24) is 5.32 Å². The first-order chi connectivity index (χ1) is 23.0. The van der Waals surface area contributed by atoms with Gasteiger partial charge in [-0.2, -0.15) is 5.26 Å². The molecule has 5 rings (SSSR count). The van der Waals surface area contributed by atoms with E-state index in [0.717, 1.165) is 39.8 Å². The lowest BCUT2D eigenvalue weighted by molar-refractivity contribution is -0.139. The quantitative estimate of drug-likeness (QED) is 0.159. The number of carbonyl (C=O) groups is 1. The van der Waals surface area contributed by atoms with Crippen molar-refractivity contribution in [2.24, 2.45) is 0 Å². The number of aliphatic carboxylic acids is 1. The Morgan fingerprint density at radius 1 is 0.979 bits per heavy atom. The summed E-state index contributed by atoms with van der Waals surface area (Å²) in [5.41, 5.74) is 5.76. The third-order valence-electron chi connectivity index (χ3n) is 7.86. The Hall–Kier alpha value is -4.76. The maximum Gasteiger partial charge on any atom is 0.320 e. The number of hydrogen-bond donors (Lipinski definition) is 2. The lowest BCUT2D eigenvalue weighted by Gasteiger charge is -2.20. The van der Waals surface area contributed by atoms with E-state index in [1.807, 2.05) is 49.4 Å². The number of fused-ring (bicyclic) bond motifs is 1. The fourth-order valence-electron chi connectivity index (χ4n) is 5.25. The number of nitrogens with zero attached hydrogens (tertiary/aromatic N) is 1. The second-order valence-electron chi connectivity index (χ2n) is 11.4. The summed E-state index contributed by atoms with van der Waals surface area (Å²) >= 11 is 6.69. The van der Waals surface area contributed by atoms with Gasteiger partial charge in [-0.15, -0.1) is 0 Å². The Labute approximate surface area is 284 Å². The number of halogens is 1. The minimum Gasteiger partial charge on any atom is -0.488 e. The normalized spacial score (nSPS) is 13.0. The molecule has 4 aromatic rings. The van der Waals surface area contributed by atoms with Crippen molar-refractivity contribution in [3.05, 3.63) is 106 Å². The third kappa shape index (κ3) is 8.98. The standard InChI is InChI=1S/C36H35ClN2O8S/c1-23-27(7-4-8-29(23)26-9-10-32-35(17-26)45-13-12-44-32)22-47-34-18-33(46-21-25-6-3-5-24(15-25)19-38)28(16-30(34)37)20-39-31(36(40)41)11-14-48(2,42)43/h3-10,15-18,31,39H,11-14,20-22H2,1-2H3,(H,40,41). The number of hydrogen-bond acceptors (Lipinski definition) is 9. The van der Waals surface area contributed by atoms with Crippen molar-refractivity contribution < 1.29 is 37.3 Å². The van der Waals surface area contributed by atoms with Gasteiger partial charge in [0.2, 0.25) is 0 Å². The molecule has 0 aromatic heterocycles. The predicted molar refractivity (Wildman–Crippen MR) is 181 cm³/mol. The second kappa shape index (κ2) is 15.4. The average Bonchev–Trinajstić information content (AvgIpc) is 3.07. The lowest BCUT2D eigenvalue weighted by atomic mass is 9.96. The van der Waals surface area contributed by atoms with Gasteiger partial charge in [-0.3, -0.25) is 4.79 Å². The van der Waals surface area contributed by atoms with Crippen LogP contribution in [0, 0.1) is 18.3 Å². The van der Waals surface area contributed by atoms with Crippen LogP contribution in [0.1, 0.15) is 34.2 Å². The van der Waals surface area contributed by atoms with Crippen LogP contribution in [0.4, 0.5) is 0 Å². The van der Waals surface area contributed by atoms with Crippen molar-refractivity contribution in [3.63, 3.8) is 0 Å². The largest absolute Gasteiger partial charge is 0.488 e. The van der Waals surface area contributed by atoms with Crippen LogP contribution in [-0.4, -0.2) is 50.8 Å². The molecule has 12 heteroatoms. The Balaban J connectivity index is 1.37. The average molecular weight is 691 g/mol. The van der Waals surface area contributed by atoms with Crippen LogP contribution in [0.5, 0.6) is 23.0 Å². The first-order valence-electron chi connectivity index (χ1n) is 15.2. The van der Waals surface area contributed by atoms with E-state index in [2.05, 4.69) is 11.4 Å². The van der Waals surface area contributed by atoms with Gasteiger partial charge in [0.15, 0.2) is 11.5 Å². The molecule has 2 N–H and O–H groups in total. The van der Waals surface area contributed by atoms with Gasteiger partial charge in [-0.25, -0.2) is 8.42 Å². The van der Waals surface area contributed by atoms with E-state index in [9.17, 15) is 23.6 Å². The molecule has 0 radical (unpaired) electrons. The molecule has 0 saturated heterocycles. The van der Waals surface area contributed by atoms with Gasteiger partial charge in [0.05, 0.1) is 22.4 Å². The molecule has 250 valence electrons. The first-order valence-corrected chi connectivity index (χ1v) is 17.6. The first kappa shape index (κ1) is 34.6. The van der Waals surface area contributed by atoms with E-state index in [-0.39, 0.29) is 37.0 Å². The Morgan fingerprint density at radius 2 is 1.73 bits per heavy atom. The van der Waals surface area contributed by atoms with Crippen LogP contribution in [-0.2, 0) is 34.4 Å². The van der Waals surface area contributed by atoms with E-state index < -0.39 is 21.8 Å². The summed E-state index contributed by atoms with van der Waals surface area (Å²) in [5, 5.41) is 22.2. The van der Waals surface area contributed by atoms with Gasteiger partial charge >= 0.3 is 5.97 Å². The lowest BCUT2D eigenvalue weighted by Crippen LogP contribution is -2.37. The van der Waals surface area contributed by atoms with Gasteiger partial charge in [0.25, 0.3) is 0 Å². The van der Waals surface area contributed by atoms with Gasteiger partial charge in [-0.05, 0) is 71.5 Å². The smallest absolute Gasteiger partial charge is 0.320 e. The summed E-state index contributed by atoms with van der Waals surface area (Å²) in [6.07, 6.45) is 0.957. The topological polar surface area (TPSA) is 144 Å². The van der Waals surface area contributed by atoms with Crippen molar-refractivity contribution in [1.29, 1.82) is 5.26 Å². The van der Waals surface area contributed by atoms with Gasteiger partial charge in [0.1, 0.15) is 53.8 Å². The highest BCUT2D eigenvalue weighted by atomic mass is 35.5. The molecule has 1 unspecified atom stereocenters. The molecule has 0 spiro atoms. The predicted octanol–water partition coefficient (Wildman–Crippen LogP) is 6.09. The van der Waals surface area contributed by atoms with E-state index in [4.69, 9.17) is 30.5 Å². The zero-order valence-electron chi connectivity index (χ0n) is 26.5. The Morgan fingerprint density at radius 3 is 2.48 bits per heavy atom. The Bertz CT molecular complexity index is 1960. The zero-order valence-corrected chi connectivity index (χ0v) is 28.1. The number of ether oxygens (including phenoxy) is 4. The molecular formula is C36H35ClN2O8S. The van der Waals surface area contributed by atoms with E-state index >= 15 is 0 Å². The minimum atomic E-state index is -3.36. The number of nitriles is 1. The van der Waals surface area contributed by atoms with Crippen molar-refractivity contribution in [2.45, 2.75) is 39.1 Å². The van der Waals surface area contributed by atoms with Crippen LogP contribution in [0.2, 0.25) is 5.02 Å². The molecule has 0 bridgehead atoms. The fourth-order valence-corrected chi connectivity index (χ4v) is 6.15. The molecule has 1 aliphatic rings. The molecular weight excluding hydrogens is 656 g/mol. The zero-order chi connectivity index (χ0) is 34.3. The van der Waals surface area contributed by atoms with Crippen molar-refractivity contribution in [3.8, 4) is 40.2 Å². The minimum absolute atomic E-state index is 0.0327. The van der Waals surface area contributed by atoms with Crippen LogP contribution < -0.4 is 24.3 Å². The highest BCUT2D eigenvalue weighted by Crippen LogP contribution is 2.37. The molecule has 4 aromatic carbocycles. The molecule has 0 amide bonds. The summed E-state index contributed by atoms with van der Waals surface area (Å²) < 4.78 is 47.2. The number of rotatable bonds is 14. The van der Waals surface area contributed by atoms with Crippen LogP contribution in [0.15, 0.2) is 72.8 Å². The fraction of sp³-hybridized carbons (Fsp3) is 0.278. The summed E-state index contributed by atoms with van der Waals surface area (Å²) in [5.74, 6) is 0.722. The summed E-state index contributed by atoms with van der Waals surface area (Å²) in [4.78, 5) is 11.9. The molecule has 1 heterocycles. The molecule has 0 aliphatic carbocycles. The highest BCUT2D eigenvalue weighted by Gasteiger charge is 2.21. The van der Waals surface area contributed by atoms with E-state index in [1.54, 1.807) is 30.3 Å². The molecule has 1 aliphatic heterocycles. The van der Waals surface area contributed by atoms with E-state index in [0.29, 0.717) is 41.6 Å². The number of sulfone groups is 1. The van der Waals surface area contributed by atoms with Crippen LogP contribution in [0.25, 0.3) is 11.1 Å². The van der Waals surface area contributed by atoms with Gasteiger partial charge in [0, 0.05) is 24.4 Å². The third-order valence-corrected chi connectivity index (χ3v) is 9.13. The SMILES string of the molecule is Cc1c(COc2cc(OCc3cccc(C#N)c3)c(CNC(CCS(C)(=O)=O)C(=O)O)cc2Cl)cccc1-c1ccc2c(c1)OCCO2. The maximum atomic E-state index is 11.9. The molecule has 48 heavy (non-hydrogen) atoms. The summed E-state index contributed by atoms with van der Waals surface area (Å²) in [6, 6.07) is 23.1. The van der Waals surface area contributed by atoms with Crippen molar-refractivity contribution >= 4 is 27.4 Å². The second-order valence-corrected chi connectivity index (χ2v) is 14.1. The number of benzene rings is 4. The molecule has 0 fully saturated rings. The summed E-state index contributed by atoms with van der Waals surface area (Å²) in [6.45, 7) is 3.40. The number of carboxylic acids is 1. The van der Waals surface area contributed by atoms with Crippen LogP contribution >= 0.6 is 11.6 Å². The van der Waals surface area contributed by atoms with E-state index in [1.165, 1.54) is 0 Å². The summed E-state index contributed by atoms with van der Waals surface area (Å²) in [7, 11) is -3.36. The van der Waals surface area contributed by atoms with Gasteiger partial charge < -0.3 is 29.4 Å². The van der Waals surface area contributed by atoms with Crippen molar-refractivity contribution in [2.75, 3.05) is 25.2 Å².